The second kappa shape index (κ2) is 4.63. The summed E-state index contributed by atoms with van der Waals surface area (Å²) in [4.78, 5) is 23.5. The second-order valence-electron chi connectivity index (χ2n) is 5.54. The zero-order valence-electron chi connectivity index (χ0n) is 11.9. The first-order valence-corrected chi connectivity index (χ1v) is 6.63. The lowest BCUT2D eigenvalue weighted by atomic mass is 9.78. The number of fused-ring (bicyclic) bond motifs is 1. The van der Waals surface area contributed by atoms with E-state index in [0.717, 1.165) is 0 Å². The van der Waals surface area contributed by atoms with Crippen LogP contribution in [0, 0.1) is 0 Å². The predicted molar refractivity (Wildman–Crippen MR) is 78.2 cm³/mol. The van der Waals surface area contributed by atoms with Crippen LogP contribution in [0.5, 0.6) is 0 Å². The topological polar surface area (TPSA) is 76.7 Å². The molecule has 1 fully saturated rings. The zero-order chi connectivity index (χ0) is 15.2. The Balaban J connectivity index is 1.95. The van der Waals surface area contributed by atoms with Gasteiger partial charge in [-0.25, -0.2) is 0 Å². The molecule has 0 atom stereocenters. The van der Waals surface area contributed by atoms with Crippen molar-refractivity contribution in [2.75, 3.05) is 11.9 Å². The summed E-state index contributed by atoms with van der Waals surface area (Å²) < 4.78 is 11.4. The highest BCUT2D eigenvalue weighted by Gasteiger charge is 2.43. The van der Waals surface area contributed by atoms with Gasteiger partial charge < -0.3 is 19.9 Å². The molecule has 6 nitrogen and oxygen atoms in total. The van der Waals surface area contributed by atoms with Crippen LogP contribution in [0.2, 0.25) is 0 Å². The van der Waals surface area contributed by atoms with Gasteiger partial charge in [0.15, 0.2) is 0 Å². The first kappa shape index (κ1) is 13.7. The average molecular weight is 286 g/mol. The molecule has 0 aliphatic carbocycles. The highest BCUT2D eigenvalue weighted by atomic mass is 16.7. The van der Waals surface area contributed by atoms with Crippen molar-refractivity contribution in [3.63, 3.8) is 0 Å². The van der Waals surface area contributed by atoms with Crippen LogP contribution in [0.4, 0.5) is 5.69 Å². The van der Waals surface area contributed by atoms with E-state index in [1.807, 2.05) is 13.8 Å². The lowest BCUT2D eigenvalue weighted by Crippen LogP contribution is -2.35. The Morgan fingerprint density at radius 1 is 1.33 bits per heavy atom. The maximum absolute atomic E-state index is 12.0. The van der Waals surface area contributed by atoms with Gasteiger partial charge in [-0.05, 0) is 31.4 Å². The molecule has 2 heterocycles. The van der Waals surface area contributed by atoms with Crippen molar-refractivity contribution in [3.05, 3.63) is 36.1 Å². The van der Waals surface area contributed by atoms with Gasteiger partial charge in [-0.3, -0.25) is 9.59 Å². The standard InChI is InChI=1S/C14H15BN2O4/c1-8-14(2,3)21-15(20-8)9-4-5-11-10(6-9)13(19)16-7-12(18)17-11/h4-6H,1,7H2,2-3H3,(H,16,19)(H,17,18). The quantitative estimate of drug-likeness (QED) is 0.733. The molecule has 0 unspecified atom stereocenters. The molecule has 0 aromatic heterocycles. The molecule has 1 aromatic rings. The van der Waals surface area contributed by atoms with E-state index in [1.54, 1.807) is 18.2 Å². The number of hydrogen-bond donors (Lipinski definition) is 2. The lowest BCUT2D eigenvalue weighted by molar-refractivity contribution is -0.115. The number of carbonyl (C=O) groups excluding carboxylic acids is 2. The normalized spacial score (nSPS) is 20.3. The van der Waals surface area contributed by atoms with Gasteiger partial charge in [0.2, 0.25) is 5.91 Å². The first-order valence-electron chi connectivity index (χ1n) is 6.63. The molecule has 0 radical (unpaired) electrons. The minimum Gasteiger partial charge on any atom is -0.534 e. The summed E-state index contributed by atoms with van der Waals surface area (Å²) in [5.74, 6) is -0.0146. The summed E-state index contributed by atoms with van der Waals surface area (Å²) >= 11 is 0. The fraction of sp³-hybridized carbons (Fsp3) is 0.286. The van der Waals surface area contributed by atoms with Gasteiger partial charge in [-0.2, -0.15) is 0 Å². The summed E-state index contributed by atoms with van der Waals surface area (Å²) in [5.41, 5.74) is 0.996. The molecule has 0 spiro atoms. The van der Waals surface area contributed by atoms with Crippen molar-refractivity contribution in [1.82, 2.24) is 5.32 Å². The van der Waals surface area contributed by atoms with E-state index >= 15 is 0 Å². The predicted octanol–water partition coefficient (Wildman–Crippen LogP) is 0.403. The van der Waals surface area contributed by atoms with Crippen molar-refractivity contribution in [2.24, 2.45) is 0 Å². The van der Waals surface area contributed by atoms with Crippen LogP contribution in [0.15, 0.2) is 30.5 Å². The van der Waals surface area contributed by atoms with Crippen molar-refractivity contribution in [3.8, 4) is 0 Å². The fourth-order valence-corrected chi connectivity index (χ4v) is 2.22. The average Bonchev–Trinajstić information content (AvgIpc) is 2.61. The molecular formula is C14H15BN2O4. The van der Waals surface area contributed by atoms with Crippen LogP contribution in [0.3, 0.4) is 0 Å². The van der Waals surface area contributed by atoms with Crippen LogP contribution >= 0.6 is 0 Å². The molecule has 3 rings (SSSR count). The molecule has 2 aliphatic heterocycles. The summed E-state index contributed by atoms with van der Waals surface area (Å²) in [6.45, 7) is 7.52. The lowest BCUT2D eigenvalue weighted by Gasteiger charge is -2.15. The Morgan fingerprint density at radius 2 is 2.10 bits per heavy atom. The zero-order valence-corrected chi connectivity index (χ0v) is 11.9. The van der Waals surface area contributed by atoms with Gasteiger partial charge in [0.05, 0.1) is 23.6 Å². The molecule has 108 valence electrons. The number of carbonyl (C=O) groups is 2. The van der Waals surface area contributed by atoms with Crippen molar-refractivity contribution in [2.45, 2.75) is 19.4 Å². The molecule has 1 aromatic carbocycles. The van der Waals surface area contributed by atoms with E-state index in [9.17, 15) is 9.59 Å². The Labute approximate surface area is 122 Å². The number of hydrogen-bond acceptors (Lipinski definition) is 4. The Hall–Kier alpha value is -2.28. The van der Waals surface area contributed by atoms with Crippen molar-refractivity contribution >= 4 is 30.1 Å². The SMILES string of the molecule is C=C1OB(c2ccc3c(c2)C(=O)NCC(=O)N3)OC1(C)C. The molecule has 1 saturated heterocycles. The minimum atomic E-state index is -0.607. The van der Waals surface area contributed by atoms with E-state index in [2.05, 4.69) is 17.2 Å². The van der Waals surface area contributed by atoms with E-state index < -0.39 is 12.7 Å². The Morgan fingerprint density at radius 3 is 2.76 bits per heavy atom. The van der Waals surface area contributed by atoms with Crippen LogP contribution in [-0.2, 0) is 14.1 Å². The smallest absolute Gasteiger partial charge is 0.534 e. The van der Waals surface area contributed by atoms with Gasteiger partial charge in [-0.15, -0.1) is 0 Å². The van der Waals surface area contributed by atoms with Crippen LogP contribution < -0.4 is 16.1 Å². The van der Waals surface area contributed by atoms with Gasteiger partial charge >= 0.3 is 7.12 Å². The van der Waals surface area contributed by atoms with Crippen LogP contribution in [0.25, 0.3) is 0 Å². The third kappa shape index (κ3) is 2.40. The molecule has 2 N–H and O–H groups in total. The van der Waals surface area contributed by atoms with Gasteiger partial charge in [0, 0.05) is 0 Å². The second-order valence-corrected chi connectivity index (χ2v) is 5.54. The Kier molecular flexibility index (Phi) is 3.02. The summed E-state index contributed by atoms with van der Waals surface area (Å²) in [6.07, 6.45) is 0. The van der Waals surface area contributed by atoms with E-state index in [-0.39, 0.29) is 18.4 Å². The minimum absolute atomic E-state index is 0.0386. The van der Waals surface area contributed by atoms with E-state index in [0.29, 0.717) is 22.5 Å². The third-order valence-corrected chi connectivity index (χ3v) is 3.57. The molecule has 0 saturated carbocycles. The summed E-state index contributed by atoms with van der Waals surface area (Å²) in [6, 6.07) is 5.10. The molecule has 7 heteroatoms. The number of nitrogens with one attached hydrogen (secondary N) is 2. The monoisotopic (exact) mass is 286 g/mol. The fourth-order valence-electron chi connectivity index (χ4n) is 2.22. The first-order chi connectivity index (χ1) is 9.87. The molecule has 21 heavy (non-hydrogen) atoms. The number of benzene rings is 1. The van der Waals surface area contributed by atoms with Gasteiger partial charge in [0.1, 0.15) is 5.60 Å². The molecule has 0 bridgehead atoms. The van der Waals surface area contributed by atoms with Gasteiger partial charge in [-0.1, -0.05) is 12.6 Å². The maximum Gasteiger partial charge on any atom is 0.563 e. The molecule has 2 aliphatic rings. The highest BCUT2D eigenvalue weighted by molar-refractivity contribution is 6.62. The number of amides is 2. The maximum atomic E-state index is 12.0. The van der Waals surface area contributed by atoms with E-state index in [4.69, 9.17) is 9.31 Å². The van der Waals surface area contributed by atoms with Gasteiger partial charge in [0.25, 0.3) is 5.91 Å². The molecular weight excluding hydrogens is 271 g/mol. The van der Waals surface area contributed by atoms with Crippen molar-refractivity contribution in [1.29, 1.82) is 0 Å². The van der Waals surface area contributed by atoms with Crippen LogP contribution in [-0.4, -0.2) is 31.1 Å². The highest BCUT2D eigenvalue weighted by Crippen LogP contribution is 2.29. The Bertz CT molecular complexity index is 656. The third-order valence-electron chi connectivity index (χ3n) is 3.57. The largest absolute Gasteiger partial charge is 0.563 e. The van der Waals surface area contributed by atoms with Crippen molar-refractivity contribution < 1.29 is 18.9 Å². The summed E-state index contributed by atoms with van der Waals surface area (Å²) in [7, 11) is -0.607. The number of anilines is 1. The number of rotatable bonds is 1. The summed E-state index contributed by atoms with van der Waals surface area (Å²) in [5, 5.41) is 5.22. The molecule has 2 amide bonds. The van der Waals surface area contributed by atoms with Crippen LogP contribution in [0.1, 0.15) is 24.2 Å². The van der Waals surface area contributed by atoms with E-state index in [1.165, 1.54) is 0 Å².